The Balaban J connectivity index is 3.02. The second-order valence-corrected chi connectivity index (χ2v) is 5.24. The van der Waals surface area contributed by atoms with Crippen LogP contribution in [0.15, 0.2) is 30.3 Å². The zero-order valence-corrected chi connectivity index (χ0v) is 14.2. The fourth-order valence-corrected chi connectivity index (χ4v) is 2.67. The van der Waals surface area contributed by atoms with Gasteiger partial charge < -0.3 is 9.80 Å². The van der Waals surface area contributed by atoms with Crippen molar-refractivity contribution in [1.29, 1.82) is 0 Å². The molecule has 0 bridgehead atoms. The van der Waals surface area contributed by atoms with Gasteiger partial charge in [-0.05, 0) is 33.3 Å². The van der Waals surface area contributed by atoms with Crippen LogP contribution >= 0.6 is 0 Å². The van der Waals surface area contributed by atoms with E-state index in [1.165, 1.54) is 0 Å². The molecule has 2 amide bonds. The SMILES string of the molecule is CCN(CC)C(=O)CC(C(=O)N(CC)CC)c1ccccc1. The Morgan fingerprint density at radius 1 is 0.864 bits per heavy atom. The van der Waals surface area contributed by atoms with E-state index in [1.807, 2.05) is 58.0 Å². The summed E-state index contributed by atoms with van der Waals surface area (Å²) >= 11 is 0. The first kappa shape index (κ1) is 18.2. The minimum atomic E-state index is -0.394. The first-order valence-corrected chi connectivity index (χ1v) is 8.20. The predicted molar refractivity (Wildman–Crippen MR) is 89.7 cm³/mol. The highest BCUT2D eigenvalue weighted by Crippen LogP contribution is 2.23. The molecule has 0 N–H and O–H groups in total. The molecule has 0 saturated heterocycles. The molecule has 1 atom stereocenters. The maximum atomic E-state index is 12.8. The number of nitrogens with zero attached hydrogens (tertiary/aromatic N) is 2. The van der Waals surface area contributed by atoms with Gasteiger partial charge in [-0.3, -0.25) is 9.59 Å². The Kier molecular flexibility index (Phi) is 7.64. The largest absolute Gasteiger partial charge is 0.343 e. The number of amides is 2. The van der Waals surface area contributed by atoms with Crippen LogP contribution in [0.3, 0.4) is 0 Å². The number of rotatable bonds is 8. The molecule has 0 heterocycles. The predicted octanol–water partition coefficient (Wildman–Crippen LogP) is 2.90. The average Bonchev–Trinajstić information content (AvgIpc) is 2.55. The fourth-order valence-electron chi connectivity index (χ4n) is 2.67. The summed E-state index contributed by atoms with van der Waals surface area (Å²) < 4.78 is 0. The molecule has 0 aliphatic heterocycles. The zero-order chi connectivity index (χ0) is 16.5. The van der Waals surface area contributed by atoms with E-state index in [-0.39, 0.29) is 18.2 Å². The Morgan fingerprint density at radius 2 is 1.36 bits per heavy atom. The highest BCUT2D eigenvalue weighted by atomic mass is 16.2. The van der Waals surface area contributed by atoms with Gasteiger partial charge in [-0.2, -0.15) is 0 Å². The van der Waals surface area contributed by atoms with Gasteiger partial charge in [0.05, 0.1) is 5.92 Å². The van der Waals surface area contributed by atoms with Gasteiger partial charge in [-0.15, -0.1) is 0 Å². The van der Waals surface area contributed by atoms with Crippen molar-refractivity contribution >= 4 is 11.8 Å². The van der Waals surface area contributed by atoms with E-state index in [0.29, 0.717) is 26.2 Å². The molecule has 1 unspecified atom stereocenters. The maximum Gasteiger partial charge on any atom is 0.230 e. The van der Waals surface area contributed by atoms with E-state index in [1.54, 1.807) is 9.80 Å². The summed E-state index contributed by atoms with van der Waals surface area (Å²) in [6.45, 7) is 10.5. The molecule has 22 heavy (non-hydrogen) atoms. The third-order valence-corrected chi connectivity index (χ3v) is 4.07. The van der Waals surface area contributed by atoms with Crippen LogP contribution in [-0.2, 0) is 9.59 Å². The minimum Gasteiger partial charge on any atom is -0.343 e. The third kappa shape index (κ3) is 4.58. The molecule has 122 valence electrons. The average molecular weight is 304 g/mol. The zero-order valence-electron chi connectivity index (χ0n) is 14.2. The second kappa shape index (κ2) is 9.23. The minimum absolute atomic E-state index is 0.0386. The molecule has 1 aromatic carbocycles. The van der Waals surface area contributed by atoms with Gasteiger partial charge >= 0.3 is 0 Å². The van der Waals surface area contributed by atoms with E-state index in [0.717, 1.165) is 5.56 Å². The van der Waals surface area contributed by atoms with Crippen molar-refractivity contribution in [3.05, 3.63) is 35.9 Å². The first-order chi connectivity index (χ1) is 10.6. The first-order valence-electron chi connectivity index (χ1n) is 8.20. The lowest BCUT2D eigenvalue weighted by atomic mass is 9.93. The Morgan fingerprint density at radius 3 is 1.82 bits per heavy atom. The Hall–Kier alpha value is -1.84. The standard InChI is InChI=1S/C18H28N2O2/c1-5-19(6-2)17(21)14-16(15-12-10-9-11-13-15)18(22)20(7-3)8-4/h9-13,16H,5-8,14H2,1-4H3. The lowest BCUT2D eigenvalue weighted by Gasteiger charge is -2.27. The monoisotopic (exact) mass is 304 g/mol. The van der Waals surface area contributed by atoms with Crippen molar-refractivity contribution in [2.45, 2.75) is 40.0 Å². The molecular formula is C18H28N2O2. The Bertz CT molecular complexity index is 465. The van der Waals surface area contributed by atoms with Crippen molar-refractivity contribution < 1.29 is 9.59 Å². The molecule has 0 fully saturated rings. The van der Waals surface area contributed by atoms with E-state index in [9.17, 15) is 9.59 Å². The number of carbonyl (C=O) groups excluding carboxylic acids is 2. The lowest BCUT2D eigenvalue weighted by molar-refractivity contribution is -0.138. The van der Waals surface area contributed by atoms with Gasteiger partial charge in [-0.25, -0.2) is 0 Å². The number of likely N-dealkylation sites (N-methyl/N-ethyl adjacent to an activating group) is 1. The molecule has 0 aliphatic carbocycles. The van der Waals surface area contributed by atoms with Gasteiger partial charge in [0.15, 0.2) is 0 Å². The van der Waals surface area contributed by atoms with Crippen LogP contribution in [0.1, 0.15) is 45.6 Å². The number of hydrogen-bond acceptors (Lipinski definition) is 2. The smallest absolute Gasteiger partial charge is 0.230 e. The quantitative estimate of drug-likeness (QED) is 0.741. The molecule has 1 rings (SSSR count). The van der Waals surface area contributed by atoms with Crippen LogP contribution in [0.4, 0.5) is 0 Å². The van der Waals surface area contributed by atoms with Gasteiger partial charge in [0.25, 0.3) is 0 Å². The van der Waals surface area contributed by atoms with Crippen LogP contribution in [0.2, 0.25) is 0 Å². The summed E-state index contributed by atoms with van der Waals surface area (Å²) in [6, 6.07) is 9.62. The van der Waals surface area contributed by atoms with Crippen LogP contribution in [0.5, 0.6) is 0 Å². The van der Waals surface area contributed by atoms with Crippen molar-refractivity contribution in [3.63, 3.8) is 0 Å². The van der Waals surface area contributed by atoms with Crippen LogP contribution in [0.25, 0.3) is 0 Å². The summed E-state index contributed by atoms with van der Waals surface area (Å²) in [4.78, 5) is 28.8. The van der Waals surface area contributed by atoms with Gasteiger partial charge in [0.2, 0.25) is 11.8 Å². The van der Waals surface area contributed by atoms with Crippen molar-refractivity contribution in [2.24, 2.45) is 0 Å². The summed E-state index contributed by atoms with van der Waals surface area (Å²) in [7, 11) is 0. The fraction of sp³-hybridized carbons (Fsp3) is 0.556. The summed E-state index contributed by atoms with van der Waals surface area (Å²) in [5.74, 6) is -0.315. The molecular weight excluding hydrogens is 276 g/mol. The highest BCUT2D eigenvalue weighted by Gasteiger charge is 2.28. The highest BCUT2D eigenvalue weighted by molar-refractivity contribution is 5.89. The number of benzene rings is 1. The molecule has 4 nitrogen and oxygen atoms in total. The number of carbonyl (C=O) groups is 2. The summed E-state index contributed by atoms with van der Waals surface area (Å²) in [6.07, 6.45) is 0.237. The van der Waals surface area contributed by atoms with Crippen LogP contribution < -0.4 is 0 Å². The van der Waals surface area contributed by atoms with Gasteiger partial charge in [0, 0.05) is 32.6 Å². The van der Waals surface area contributed by atoms with E-state index < -0.39 is 5.92 Å². The molecule has 0 radical (unpaired) electrons. The van der Waals surface area contributed by atoms with Crippen LogP contribution in [0, 0.1) is 0 Å². The normalized spacial score (nSPS) is 11.8. The van der Waals surface area contributed by atoms with E-state index in [4.69, 9.17) is 0 Å². The van der Waals surface area contributed by atoms with E-state index in [2.05, 4.69) is 0 Å². The lowest BCUT2D eigenvalue weighted by Crippen LogP contribution is -2.38. The molecule has 4 heteroatoms. The maximum absolute atomic E-state index is 12.8. The van der Waals surface area contributed by atoms with Gasteiger partial charge in [0.1, 0.15) is 0 Å². The Labute approximate surface area is 134 Å². The summed E-state index contributed by atoms with van der Waals surface area (Å²) in [5, 5.41) is 0. The molecule has 0 saturated carbocycles. The van der Waals surface area contributed by atoms with E-state index >= 15 is 0 Å². The topological polar surface area (TPSA) is 40.6 Å². The van der Waals surface area contributed by atoms with Gasteiger partial charge in [-0.1, -0.05) is 30.3 Å². The third-order valence-electron chi connectivity index (χ3n) is 4.07. The summed E-state index contributed by atoms with van der Waals surface area (Å²) in [5.41, 5.74) is 0.917. The number of hydrogen-bond donors (Lipinski definition) is 0. The molecule has 1 aromatic rings. The van der Waals surface area contributed by atoms with Crippen molar-refractivity contribution in [3.8, 4) is 0 Å². The molecule has 0 spiro atoms. The molecule has 0 aromatic heterocycles. The van der Waals surface area contributed by atoms with Crippen molar-refractivity contribution in [2.75, 3.05) is 26.2 Å². The van der Waals surface area contributed by atoms with Crippen LogP contribution in [-0.4, -0.2) is 47.8 Å². The second-order valence-electron chi connectivity index (χ2n) is 5.24. The van der Waals surface area contributed by atoms with Crippen molar-refractivity contribution in [1.82, 2.24) is 9.80 Å². The molecule has 0 aliphatic rings.